The lowest BCUT2D eigenvalue weighted by Gasteiger charge is -2.15. The van der Waals surface area contributed by atoms with Crippen LogP contribution in [0.5, 0.6) is 0 Å². The first-order valence-electron chi connectivity index (χ1n) is 9.72. The van der Waals surface area contributed by atoms with Crippen molar-refractivity contribution in [1.29, 1.82) is 0 Å². The highest BCUT2D eigenvalue weighted by Crippen LogP contribution is 2.16. The van der Waals surface area contributed by atoms with Crippen LogP contribution in [0.25, 0.3) is 6.08 Å². The fourth-order valence-electron chi connectivity index (χ4n) is 2.84. The van der Waals surface area contributed by atoms with E-state index in [4.69, 9.17) is 4.74 Å². The van der Waals surface area contributed by atoms with Gasteiger partial charge >= 0.3 is 5.97 Å². The lowest BCUT2D eigenvalue weighted by molar-refractivity contribution is -0.384. The Hall–Kier alpha value is -3.48. The van der Waals surface area contributed by atoms with Crippen LogP contribution in [0.4, 0.5) is 5.69 Å². The number of rotatable bonds is 9. The van der Waals surface area contributed by atoms with Gasteiger partial charge in [-0.05, 0) is 54.2 Å². The standard InChI is InChI=1S/C23H26N2O5/c1-16(2)14-19-4-9-20(10-5-19)17(3)24-22(26)15-30-23(27)13-8-18-6-11-21(12-7-18)25(28)29/h4-13,16-17H,14-15H2,1-3H3,(H,24,26)/b13-8+/t17-/m0/s1. The Bertz CT molecular complexity index is 902. The van der Waals surface area contributed by atoms with E-state index in [2.05, 4.69) is 31.3 Å². The van der Waals surface area contributed by atoms with Gasteiger partial charge in [0.1, 0.15) is 0 Å². The molecule has 0 spiro atoms. The molecule has 7 nitrogen and oxygen atoms in total. The summed E-state index contributed by atoms with van der Waals surface area (Å²) in [5.41, 5.74) is 2.80. The van der Waals surface area contributed by atoms with E-state index in [0.717, 1.165) is 12.0 Å². The van der Waals surface area contributed by atoms with Crippen LogP contribution < -0.4 is 5.32 Å². The average Bonchev–Trinajstić information content (AvgIpc) is 2.71. The van der Waals surface area contributed by atoms with Gasteiger partial charge < -0.3 is 10.1 Å². The molecular weight excluding hydrogens is 384 g/mol. The number of nitro groups is 1. The molecule has 0 heterocycles. The average molecular weight is 410 g/mol. The van der Waals surface area contributed by atoms with Gasteiger partial charge in [-0.2, -0.15) is 0 Å². The minimum absolute atomic E-state index is 0.0323. The number of nitrogens with zero attached hydrogens (tertiary/aromatic N) is 1. The van der Waals surface area contributed by atoms with Gasteiger partial charge in [0.2, 0.25) is 0 Å². The maximum atomic E-state index is 12.0. The Balaban J connectivity index is 1.79. The Kier molecular flexibility index (Phi) is 8.29. The largest absolute Gasteiger partial charge is 0.452 e. The van der Waals surface area contributed by atoms with Crippen LogP contribution in [0.15, 0.2) is 54.6 Å². The third-order valence-electron chi connectivity index (χ3n) is 4.36. The molecule has 0 saturated carbocycles. The number of nitro benzene ring substituents is 1. The number of benzene rings is 2. The second kappa shape index (κ2) is 10.9. The fourth-order valence-corrected chi connectivity index (χ4v) is 2.84. The monoisotopic (exact) mass is 410 g/mol. The molecule has 0 aliphatic carbocycles. The number of carbonyl (C=O) groups excluding carboxylic acids is 2. The highest BCUT2D eigenvalue weighted by molar-refractivity contribution is 5.89. The van der Waals surface area contributed by atoms with Crippen molar-refractivity contribution in [2.75, 3.05) is 6.61 Å². The number of nitrogens with one attached hydrogen (secondary N) is 1. The molecule has 0 unspecified atom stereocenters. The van der Waals surface area contributed by atoms with Gasteiger partial charge in [0, 0.05) is 18.2 Å². The highest BCUT2D eigenvalue weighted by atomic mass is 16.6. The van der Waals surface area contributed by atoms with E-state index in [1.165, 1.54) is 42.0 Å². The number of esters is 1. The van der Waals surface area contributed by atoms with Crippen molar-refractivity contribution in [3.63, 3.8) is 0 Å². The summed E-state index contributed by atoms with van der Waals surface area (Å²) in [5.74, 6) is -0.489. The van der Waals surface area contributed by atoms with Gasteiger partial charge in [0.25, 0.3) is 11.6 Å². The van der Waals surface area contributed by atoms with Crippen molar-refractivity contribution in [2.45, 2.75) is 33.2 Å². The number of carbonyl (C=O) groups is 2. The Morgan fingerprint density at radius 2 is 1.70 bits per heavy atom. The summed E-state index contributed by atoms with van der Waals surface area (Å²) in [5, 5.41) is 13.4. The van der Waals surface area contributed by atoms with E-state index in [1.807, 2.05) is 19.1 Å². The highest BCUT2D eigenvalue weighted by Gasteiger charge is 2.11. The molecule has 1 atom stereocenters. The number of non-ortho nitro benzene ring substituents is 1. The molecule has 0 aliphatic heterocycles. The molecular formula is C23H26N2O5. The van der Waals surface area contributed by atoms with Crippen LogP contribution in [-0.4, -0.2) is 23.4 Å². The van der Waals surface area contributed by atoms with Crippen LogP contribution in [0.3, 0.4) is 0 Å². The fraction of sp³-hybridized carbons (Fsp3) is 0.304. The van der Waals surface area contributed by atoms with Gasteiger partial charge in [0.15, 0.2) is 6.61 Å². The summed E-state index contributed by atoms with van der Waals surface area (Å²) in [6.07, 6.45) is 3.64. The first-order chi connectivity index (χ1) is 14.2. The summed E-state index contributed by atoms with van der Waals surface area (Å²) < 4.78 is 4.94. The van der Waals surface area contributed by atoms with Gasteiger partial charge in [-0.3, -0.25) is 14.9 Å². The van der Waals surface area contributed by atoms with Gasteiger partial charge in [-0.1, -0.05) is 38.1 Å². The van der Waals surface area contributed by atoms with Crippen LogP contribution in [0, 0.1) is 16.0 Å². The summed E-state index contributed by atoms with van der Waals surface area (Å²) >= 11 is 0. The zero-order valence-electron chi connectivity index (χ0n) is 17.3. The predicted octanol–water partition coefficient (Wildman–Crippen LogP) is 4.23. The minimum Gasteiger partial charge on any atom is -0.452 e. The molecule has 7 heteroatoms. The van der Waals surface area contributed by atoms with Crippen molar-refractivity contribution < 1.29 is 19.2 Å². The molecule has 0 aliphatic rings. The number of ether oxygens (including phenoxy) is 1. The third-order valence-corrected chi connectivity index (χ3v) is 4.36. The summed E-state index contributed by atoms with van der Waals surface area (Å²) in [6, 6.07) is 13.6. The summed E-state index contributed by atoms with van der Waals surface area (Å²) in [6.45, 7) is 5.81. The van der Waals surface area contributed by atoms with Crippen LogP contribution in [0.2, 0.25) is 0 Å². The SMILES string of the molecule is CC(C)Cc1ccc([C@H](C)NC(=O)COC(=O)/C=C/c2ccc([N+](=O)[O-])cc2)cc1. The maximum Gasteiger partial charge on any atom is 0.331 e. The zero-order valence-corrected chi connectivity index (χ0v) is 17.3. The van der Waals surface area contributed by atoms with Crippen LogP contribution in [-0.2, 0) is 20.7 Å². The number of hydrogen-bond acceptors (Lipinski definition) is 5. The van der Waals surface area contributed by atoms with Gasteiger partial charge in [-0.15, -0.1) is 0 Å². The van der Waals surface area contributed by atoms with E-state index in [-0.39, 0.29) is 18.3 Å². The molecule has 0 radical (unpaired) electrons. The van der Waals surface area contributed by atoms with Crippen molar-refractivity contribution in [3.8, 4) is 0 Å². The minimum atomic E-state index is -0.672. The summed E-state index contributed by atoms with van der Waals surface area (Å²) in [7, 11) is 0. The van der Waals surface area contributed by atoms with E-state index in [9.17, 15) is 19.7 Å². The predicted molar refractivity (Wildman–Crippen MR) is 115 cm³/mol. The smallest absolute Gasteiger partial charge is 0.331 e. The molecule has 2 rings (SSSR count). The van der Waals surface area contributed by atoms with Gasteiger partial charge in [0.05, 0.1) is 11.0 Å². The molecule has 2 aromatic carbocycles. The van der Waals surface area contributed by atoms with Crippen molar-refractivity contribution >= 4 is 23.6 Å². The molecule has 0 saturated heterocycles. The quantitative estimate of drug-likeness (QED) is 0.289. The first kappa shape index (κ1) is 22.8. The zero-order chi connectivity index (χ0) is 22.1. The van der Waals surface area contributed by atoms with Crippen molar-refractivity contribution in [1.82, 2.24) is 5.32 Å². The van der Waals surface area contributed by atoms with Gasteiger partial charge in [-0.25, -0.2) is 4.79 Å². The maximum absolute atomic E-state index is 12.0. The normalized spacial score (nSPS) is 12.0. The molecule has 1 amide bonds. The third kappa shape index (κ3) is 7.50. The molecule has 1 N–H and O–H groups in total. The van der Waals surface area contributed by atoms with E-state index in [0.29, 0.717) is 11.5 Å². The molecule has 0 bridgehead atoms. The molecule has 2 aromatic rings. The van der Waals surface area contributed by atoms with E-state index >= 15 is 0 Å². The van der Waals surface area contributed by atoms with E-state index in [1.54, 1.807) is 0 Å². The second-order valence-electron chi connectivity index (χ2n) is 7.42. The lowest BCUT2D eigenvalue weighted by Crippen LogP contribution is -2.30. The summed E-state index contributed by atoms with van der Waals surface area (Å²) in [4.78, 5) is 33.9. The van der Waals surface area contributed by atoms with E-state index < -0.39 is 16.8 Å². The topological polar surface area (TPSA) is 98.5 Å². The Morgan fingerprint density at radius 3 is 2.27 bits per heavy atom. The number of amides is 1. The number of hydrogen-bond donors (Lipinski definition) is 1. The Morgan fingerprint density at radius 1 is 1.07 bits per heavy atom. The second-order valence-corrected chi connectivity index (χ2v) is 7.42. The van der Waals surface area contributed by atoms with Crippen LogP contribution in [0.1, 0.15) is 43.5 Å². The molecule has 158 valence electrons. The molecule has 30 heavy (non-hydrogen) atoms. The lowest BCUT2D eigenvalue weighted by atomic mass is 10.00. The first-order valence-corrected chi connectivity index (χ1v) is 9.72. The molecule has 0 fully saturated rings. The van der Waals surface area contributed by atoms with Crippen molar-refractivity contribution in [3.05, 3.63) is 81.4 Å². The Labute approximate surface area is 175 Å². The van der Waals surface area contributed by atoms with Crippen molar-refractivity contribution in [2.24, 2.45) is 5.92 Å². The molecule has 0 aromatic heterocycles. The van der Waals surface area contributed by atoms with Crippen LogP contribution >= 0.6 is 0 Å².